The van der Waals surface area contributed by atoms with Crippen molar-refractivity contribution in [1.82, 2.24) is 0 Å². The van der Waals surface area contributed by atoms with E-state index in [1.807, 2.05) is 0 Å². The highest BCUT2D eigenvalue weighted by atomic mass is 19.4. The first kappa shape index (κ1) is 13.5. The van der Waals surface area contributed by atoms with E-state index in [9.17, 15) is 26.3 Å². The Kier molecular flexibility index (Phi) is 3.17. The quantitative estimate of drug-likeness (QED) is 0.784. The van der Waals surface area contributed by atoms with Gasteiger partial charge in [-0.3, -0.25) is 0 Å². The smallest absolute Gasteiger partial charge is 0.419 e. The number of aromatic hydroxyl groups is 1. The normalized spacial score (nSPS) is 12.6. The average molecular weight is 260 g/mol. The van der Waals surface area contributed by atoms with Crippen LogP contribution in [0.15, 0.2) is 12.1 Å². The van der Waals surface area contributed by atoms with Crippen LogP contribution in [0.4, 0.5) is 26.3 Å². The molecule has 1 rings (SSSR count). The van der Waals surface area contributed by atoms with Gasteiger partial charge in [0.25, 0.3) is 0 Å². The molecule has 96 valence electrons. The number of rotatable bonds is 1. The number of phenolic OH excluding ortho intramolecular Hbond substituents is 1. The van der Waals surface area contributed by atoms with Crippen LogP contribution in [-0.4, -0.2) is 12.2 Å². The molecule has 0 atom stereocenters. The zero-order chi connectivity index (χ0) is 13.4. The summed E-state index contributed by atoms with van der Waals surface area (Å²) in [6.07, 6.45) is -10.1. The molecule has 0 aliphatic heterocycles. The number of methoxy groups -OCH3 is 1. The number of alkyl halides is 6. The maximum Gasteiger partial charge on any atom is 0.419 e. The van der Waals surface area contributed by atoms with Crippen molar-refractivity contribution in [2.45, 2.75) is 12.4 Å². The summed E-state index contributed by atoms with van der Waals surface area (Å²) < 4.78 is 78.3. The van der Waals surface area contributed by atoms with Crippen molar-refractivity contribution in [3.05, 3.63) is 23.3 Å². The van der Waals surface area contributed by atoms with Crippen LogP contribution in [0.1, 0.15) is 11.1 Å². The van der Waals surface area contributed by atoms with E-state index in [-0.39, 0.29) is 12.1 Å². The van der Waals surface area contributed by atoms with E-state index in [4.69, 9.17) is 5.11 Å². The van der Waals surface area contributed by atoms with Crippen molar-refractivity contribution in [3.63, 3.8) is 0 Å². The number of halogens is 6. The second-order valence-electron chi connectivity index (χ2n) is 3.07. The number of hydrogen-bond donors (Lipinski definition) is 1. The number of ether oxygens (including phenoxy) is 1. The van der Waals surface area contributed by atoms with Crippen molar-refractivity contribution < 1.29 is 36.2 Å². The van der Waals surface area contributed by atoms with Crippen LogP contribution in [0.2, 0.25) is 0 Å². The Morgan fingerprint density at radius 3 is 1.76 bits per heavy atom. The zero-order valence-corrected chi connectivity index (χ0v) is 8.28. The Labute approximate surface area is 91.4 Å². The summed E-state index contributed by atoms with van der Waals surface area (Å²) in [7, 11) is 0.858. The summed E-state index contributed by atoms with van der Waals surface area (Å²) in [4.78, 5) is 0. The Morgan fingerprint density at radius 1 is 0.941 bits per heavy atom. The van der Waals surface area contributed by atoms with Gasteiger partial charge < -0.3 is 9.84 Å². The van der Waals surface area contributed by atoms with Gasteiger partial charge in [-0.1, -0.05) is 0 Å². The first-order valence-electron chi connectivity index (χ1n) is 4.12. The largest absolute Gasteiger partial charge is 0.507 e. The molecule has 1 N–H and O–H groups in total. The molecule has 0 aliphatic carbocycles. The van der Waals surface area contributed by atoms with Crippen LogP contribution in [0.25, 0.3) is 0 Å². The summed E-state index contributed by atoms with van der Waals surface area (Å²) >= 11 is 0. The lowest BCUT2D eigenvalue weighted by Gasteiger charge is -2.16. The maximum absolute atomic E-state index is 12.4. The molecule has 1 aromatic carbocycles. The molecule has 0 fully saturated rings. The molecule has 0 saturated heterocycles. The van der Waals surface area contributed by atoms with Gasteiger partial charge in [-0.2, -0.15) is 26.3 Å². The minimum absolute atomic E-state index is 0.186. The fourth-order valence-electron chi connectivity index (χ4n) is 1.19. The van der Waals surface area contributed by atoms with Crippen molar-refractivity contribution in [2.75, 3.05) is 7.11 Å². The number of phenols is 1. The van der Waals surface area contributed by atoms with Crippen molar-refractivity contribution >= 4 is 0 Å². The average Bonchev–Trinajstić information content (AvgIpc) is 2.13. The Hall–Kier alpha value is -1.60. The van der Waals surface area contributed by atoms with Crippen LogP contribution < -0.4 is 4.74 Å². The number of hydrogen-bond acceptors (Lipinski definition) is 2. The molecule has 0 spiro atoms. The first-order chi connectivity index (χ1) is 7.57. The third-order valence-corrected chi connectivity index (χ3v) is 1.93. The SMILES string of the molecule is COc1cc(O)c(C(F)(F)F)cc1C(F)(F)F. The van der Waals surface area contributed by atoms with Gasteiger partial charge in [0.05, 0.1) is 18.2 Å². The summed E-state index contributed by atoms with van der Waals surface area (Å²) in [5.41, 5.74) is -3.35. The predicted molar refractivity (Wildman–Crippen MR) is 44.7 cm³/mol. The molecule has 0 radical (unpaired) electrons. The van der Waals surface area contributed by atoms with Gasteiger partial charge in [-0.05, 0) is 6.07 Å². The Bertz CT molecular complexity index is 421. The molecule has 0 saturated carbocycles. The molecular formula is C9H6F6O2. The van der Waals surface area contributed by atoms with E-state index in [0.29, 0.717) is 0 Å². The van der Waals surface area contributed by atoms with E-state index >= 15 is 0 Å². The molecular weight excluding hydrogens is 254 g/mol. The highest BCUT2D eigenvalue weighted by Gasteiger charge is 2.40. The molecule has 0 aliphatic rings. The van der Waals surface area contributed by atoms with E-state index in [0.717, 1.165) is 7.11 Å². The van der Waals surface area contributed by atoms with E-state index in [1.165, 1.54) is 0 Å². The molecule has 2 nitrogen and oxygen atoms in total. The lowest BCUT2D eigenvalue weighted by atomic mass is 10.1. The molecule has 0 heterocycles. The third kappa shape index (κ3) is 2.75. The molecule has 17 heavy (non-hydrogen) atoms. The summed E-state index contributed by atoms with van der Waals surface area (Å²) in [5.74, 6) is -2.19. The third-order valence-electron chi connectivity index (χ3n) is 1.93. The number of benzene rings is 1. The first-order valence-corrected chi connectivity index (χ1v) is 4.12. The molecule has 0 amide bonds. The minimum atomic E-state index is -5.07. The molecule has 1 aromatic rings. The van der Waals surface area contributed by atoms with Gasteiger partial charge in [0.15, 0.2) is 0 Å². The standard InChI is InChI=1S/C9H6F6O2/c1-17-7-3-6(16)4(8(10,11)12)2-5(7)9(13,14)15/h2-3,16H,1H3. The van der Waals surface area contributed by atoms with Crippen LogP contribution in [0.5, 0.6) is 11.5 Å². The highest BCUT2D eigenvalue weighted by Crippen LogP contribution is 2.44. The predicted octanol–water partition coefficient (Wildman–Crippen LogP) is 3.44. The van der Waals surface area contributed by atoms with Crippen molar-refractivity contribution in [2.24, 2.45) is 0 Å². The van der Waals surface area contributed by atoms with Crippen LogP contribution in [0.3, 0.4) is 0 Å². The van der Waals surface area contributed by atoms with E-state index in [1.54, 1.807) is 0 Å². The Morgan fingerprint density at radius 2 is 1.41 bits per heavy atom. The molecule has 0 bridgehead atoms. The van der Waals surface area contributed by atoms with Crippen LogP contribution >= 0.6 is 0 Å². The lowest BCUT2D eigenvalue weighted by Crippen LogP contribution is -2.12. The van der Waals surface area contributed by atoms with E-state index < -0.39 is 35.0 Å². The summed E-state index contributed by atoms with van der Waals surface area (Å²) in [5, 5.41) is 8.98. The fourth-order valence-corrected chi connectivity index (χ4v) is 1.19. The minimum Gasteiger partial charge on any atom is -0.507 e. The Balaban J connectivity index is 3.49. The van der Waals surface area contributed by atoms with Gasteiger partial charge in [-0.15, -0.1) is 0 Å². The van der Waals surface area contributed by atoms with Gasteiger partial charge >= 0.3 is 12.4 Å². The second-order valence-corrected chi connectivity index (χ2v) is 3.07. The summed E-state index contributed by atoms with van der Waals surface area (Å²) in [6, 6.07) is 0.0970. The monoisotopic (exact) mass is 260 g/mol. The topological polar surface area (TPSA) is 29.5 Å². The zero-order valence-electron chi connectivity index (χ0n) is 8.28. The molecule has 0 aromatic heterocycles. The van der Waals surface area contributed by atoms with Gasteiger partial charge in [0.2, 0.25) is 0 Å². The van der Waals surface area contributed by atoms with Crippen molar-refractivity contribution in [1.29, 1.82) is 0 Å². The van der Waals surface area contributed by atoms with E-state index in [2.05, 4.69) is 4.74 Å². The van der Waals surface area contributed by atoms with Crippen LogP contribution in [0, 0.1) is 0 Å². The highest BCUT2D eigenvalue weighted by molar-refractivity contribution is 5.48. The van der Waals surface area contributed by atoms with Crippen molar-refractivity contribution in [3.8, 4) is 11.5 Å². The lowest BCUT2D eigenvalue weighted by molar-refractivity contribution is -0.144. The molecule has 0 unspecified atom stereocenters. The van der Waals surface area contributed by atoms with Gasteiger partial charge in [0.1, 0.15) is 11.5 Å². The second kappa shape index (κ2) is 4.01. The molecule has 8 heteroatoms. The van der Waals surface area contributed by atoms with Crippen LogP contribution in [-0.2, 0) is 12.4 Å². The van der Waals surface area contributed by atoms with Gasteiger partial charge in [0, 0.05) is 6.07 Å². The summed E-state index contributed by atoms with van der Waals surface area (Å²) in [6.45, 7) is 0. The maximum atomic E-state index is 12.4. The van der Waals surface area contributed by atoms with Gasteiger partial charge in [-0.25, -0.2) is 0 Å². The fraction of sp³-hybridized carbons (Fsp3) is 0.333.